The average Bonchev–Trinajstić information content (AvgIpc) is 2.52. The highest BCUT2D eigenvalue weighted by atomic mass is 19.1. The summed E-state index contributed by atoms with van der Waals surface area (Å²) in [6.45, 7) is 1.88. The van der Waals surface area contributed by atoms with E-state index in [0.29, 0.717) is 5.82 Å². The fraction of sp³-hybridized carbons (Fsp3) is 0.222. The first-order valence-corrected chi connectivity index (χ1v) is 4.36. The van der Waals surface area contributed by atoms with Crippen molar-refractivity contribution in [2.45, 2.75) is 6.92 Å². The van der Waals surface area contributed by atoms with Crippen LogP contribution in [0.4, 0.5) is 10.2 Å². The van der Waals surface area contributed by atoms with Gasteiger partial charge in [0.25, 0.3) is 0 Å². The number of rotatable bonds is 1. The van der Waals surface area contributed by atoms with Crippen LogP contribution in [0, 0.1) is 12.7 Å². The lowest BCUT2D eigenvalue weighted by Gasteiger charge is -2.03. The highest BCUT2D eigenvalue weighted by molar-refractivity contribution is 5.55. The molecule has 6 heteroatoms. The normalized spacial score (nSPS) is 10.6. The van der Waals surface area contributed by atoms with Gasteiger partial charge < -0.3 is 5.73 Å². The van der Waals surface area contributed by atoms with E-state index >= 15 is 0 Å². The zero-order chi connectivity index (χ0) is 11.0. The summed E-state index contributed by atoms with van der Waals surface area (Å²) >= 11 is 0. The Kier molecular flexibility index (Phi) is 2.11. The number of nitrogens with two attached hydrogens (primary N) is 1. The van der Waals surface area contributed by atoms with Gasteiger partial charge in [-0.3, -0.25) is 4.68 Å². The van der Waals surface area contributed by atoms with Crippen molar-refractivity contribution in [3.8, 4) is 11.5 Å². The van der Waals surface area contributed by atoms with Crippen LogP contribution in [0.25, 0.3) is 11.5 Å². The molecular formula is C9H10FN5. The quantitative estimate of drug-likeness (QED) is 0.754. The van der Waals surface area contributed by atoms with Crippen LogP contribution in [-0.2, 0) is 7.05 Å². The highest BCUT2D eigenvalue weighted by Gasteiger charge is 2.12. The molecule has 0 amide bonds. The van der Waals surface area contributed by atoms with Crippen molar-refractivity contribution in [3.05, 3.63) is 23.8 Å². The maximum Gasteiger partial charge on any atom is 0.183 e. The summed E-state index contributed by atoms with van der Waals surface area (Å²) in [5.41, 5.74) is 7.03. The van der Waals surface area contributed by atoms with E-state index in [-0.39, 0.29) is 5.82 Å². The van der Waals surface area contributed by atoms with Crippen LogP contribution < -0.4 is 5.73 Å². The van der Waals surface area contributed by atoms with Crippen molar-refractivity contribution >= 4 is 5.82 Å². The number of hydrogen-bond acceptors (Lipinski definition) is 4. The van der Waals surface area contributed by atoms with E-state index in [4.69, 9.17) is 5.73 Å². The van der Waals surface area contributed by atoms with Gasteiger partial charge in [-0.25, -0.2) is 14.4 Å². The molecule has 2 N–H and O–H groups in total. The van der Waals surface area contributed by atoms with Crippen LogP contribution >= 0.6 is 0 Å². The smallest absolute Gasteiger partial charge is 0.183 e. The maximum absolute atomic E-state index is 12.9. The van der Waals surface area contributed by atoms with Crippen molar-refractivity contribution in [2.75, 3.05) is 5.73 Å². The zero-order valence-corrected chi connectivity index (χ0v) is 8.40. The van der Waals surface area contributed by atoms with Crippen molar-refractivity contribution in [1.82, 2.24) is 19.7 Å². The standard InChI is InChI=1S/C9H10FN5/c1-5-3-13-15(2)7(5)9-12-4-6(10)8(11)14-9/h3-4H,1-2H3,(H2,11,12,14). The molecule has 0 saturated carbocycles. The van der Waals surface area contributed by atoms with E-state index in [9.17, 15) is 4.39 Å². The van der Waals surface area contributed by atoms with Gasteiger partial charge in [0.1, 0.15) is 5.69 Å². The molecule has 0 aliphatic heterocycles. The van der Waals surface area contributed by atoms with Crippen molar-refractivity contribution in [3.63, 3.8) is 0 Å². The van der Waals surface area contributed by atoms with Crippen LogP contribution in [0.15, 0.2) is 12.4 Å². The fourth-order valence-electron chi connectivity index (χ4n) is 1.36. The second-order valence-corrected chi connectivity index (χ2v) is 3.23. The van der Waals surface area contributed by atoms with Crippen LogP contribution in [0.2, 0.25) is 0 Å². The Morgan fingerprint density at radius 2 is 2.13 bits per heavy atom. The average molecular weight is 207 g/mol. The summed E-state index contributed by atoms with van der Waals surface area (Å²) in [5, 5.41) is 4.05. The van der Waals surface area contributed by atoms with E-state index < -0.39 is 5.82 Å². The largest absolute Gasteiger partial charge is 0.381 e. The molecule has 0 aromatic carbocycles. The van der Waals surface area contributed by atoms with Gasteiger partial charge in [0.15, 0.2) is 17.5 Å². The molecule has 2 heterocycles. The lowest BCUT2D eigenvalue weighted by atomic mass is 10.2. The second-order valence-electron chi connectivity index (χ2n) is 3.23. The zero-order valence-electron chi connectivity index (χ0n) is 8.40. The SMILES string of the molecule is Cc1cnn(C)c1-c1ncc(F)c(N)n1. The van der Waals surface area contributed by atoms with Gasteiger partial charge in [0.05, 0.1) is 12.4 Å². The van der Waals surface area contributed by atoms with Crippen LogP contribution in [0.5, 0.6) is 0 Å². The van der Waals surface area contributed by atoms with Crippen molar-refractivity contribution < 1.29 is 4.39 Å². The minimum absolute atomic E-state index is 0.152. The maximum atomic E-state index is 12.9. The molecule has 2 aromatic rings. The summed E-state index contributed by atoms with van der Waals surface area (Å²) < 4.78 is 14.5. The molecule has 0 fully saturated rings. The third-order valence-electron chi connectivity index (χ3n) is 2.10. The number of anilines is 1. The fourth-order valence-corrected chi connectivity index (χ4v) is 1.36. The molecule has 0 spiro atoms. The Morgan fingerprint density at radius 1 is 1.40 bits per heavy atom. The molecule has 0 aliphatic rings. The Bertz CT molecular complexity index is 486. The molecule has 15 heavy (non-hydrogen) atoms. The number of nitrogens with zero attached hydrogens (tertiary/aromatic N) is 4. The number of halogens is 1. The summed E-state index contributed by atoms with van der Waals surface area (Å²) in [7, 11) is 1.77. The first-order valence-electron chi connectivity index (χ1n) is 4.36. The van der Waals surface area contributed by atoms with Gasteiger partial charge in [-0.1, -0.05) is 0 Å². The minimum Gasteiger partial charge on any atom is -0.381 e. The summed E-state index contributed by atoms with van der Waals surface area (Å²) in [5.74, 6) is -0.384. The molecule has 0 bridgehead atoms. The number of hydrogen-bond donors (Lipinski definition) is 1. The van der Waals surface area contributed by atoms with Gasteiger partial charge in [-0.2, -0.15) is 5.10 Å². The summed E-state index contributed by atoms with van der Waals surface area (Å²) in [6.07, 6.45) is 2.75. The number of aromatic nitrogens is 4. The van der Waals surface area contributed by atoms with E-state index in [1.54, 1.807) is 17.9 Å². The third-order valence-corrected chi connectivity index (χ3v) is 2.10. The minimum atomic E-state index is -0.612. The molecule has 2 rings (SSSR count). The molecule has 5 nitrogen and oxygen atoms in total. The van der Waals surface area contributed by atoms with Gasteiger partial charge in [0.2, 0.25) is 0 Å². The molecule has 0 atom stereocenters. The first-order chi connectivity index (χ1) is 7.09. The molecule has 0 unspecified atom stereocenters. The first kappa shape index (κ1) is 9.57. The summed E-state index contributed by atoms with van der Waals surface area (Å²) in [4.78, 5) is 7.74. The monoisotopic (exact) mass is 207 g/mol. The molecule has 2 aromatic heterocycles. The predicted molar refractivity (Wildman–Crippen MR) is 53.3 cm³/mol. The molecule has 0 saturated heterocycles. The number of aryl methyl sites for hydroxylation is 2. The predicted octanol–water partition coefficient (Wildman–Crippen LogP) is 0.907. The Morgan fingerprint density at radius 3 is 2.67 bits per heavy atom. The molecular weight excluding hydrogens is 197 g/mol. The van der Waals surface area contributed by atoms with E-state index in [0.717, 1.165) is 17.5 Å². The van der Waals surface area contributed by atoms with E-state index in [1.165, 1.54) is 0 Å². The van der Waals surface area contributed by atoms with Crippen molar-refractivity contribution in [1.29, 1.82) is 0 Å². The Labute approximate surface area is 85.8 Å². The van der Waals surface area contributed by atoms with Crippen LogP contribution in [-0.4, -0.2) is 19.7 Å². The van der Waals surface area contributed by atoms with Gasteiger partial charge in [-0.05, 0) is 12.5 Å². The van der Waals surface area contributed by atoms with Gasteiger partial charge >= 0.3 is 0 Å². The Hall–Kier alpha value is -1.98. The lowest BCUT2D eigenvalue weighted by molar-refractivity contribution is 0.619. The topological polar surface area (TPSA) is 69.6 Å². The summed E-state index contributed by atoms with van der Waals surface area (Å²) in [6, 6.07) is 0. The Balaban J connectivity index is 2.59. The third kappa shape index (κ3) is 1.54. The highest BCUT2D eigenvalue weighted by Crippen LogP contribution is 2.19. The van der Waals surface area contributed by atoms with E-state index in [1.807, 2.05) is 6.92 Å². The van der Waals surface area contributed by atoms with Gasteiger partial charge in [0, 0.05) is 7.05 Å². The molecule has 0 aliphatic carbocycles. The van der Waals surface area contributed by atoms with Crippen LogP contribution in [0.3, 0.4) is 0 Å². The number of nitrogen functional groups attached to an aromatic ring is 1. The van der Waals surface area contributed by atoms with Gasteiger partial charge in [-0.15, -0.1) is 0 Å². The molecule has 78 valence electrons. The molecule has 0 radical (unpaired) electrons. The lowest BCUT2D eigenvalue weighted by Crippen LogP contribution is -2.03. The van der Waals surface area contributed by atoms with Crippen LogP contribution in [0.1, 0.15) is 5.56 Å². The second kappa shape index (κ2) is 3.30. The van der Waals surface area contributed by atoms with E-state index in [2.05, 4.69) is 15.1 Å². The van der Waals surface area contributed by atoms with Crippen molar-refractivity contribution in [2.24, 2.45) is 7.05 Å².